The molecule has 1 fully saturated rings. The molecule has 1 aromatic carbocycles. The number of ether oxygens (including phenoxy) is 2. The number of carbonyl (C=O) groups excluding carboxylic acids is 1. The Morgan fingerprint density at radius 3 is 2.81 bits per heavy atom. The summed E-state index contributed by atoms with van der Waals surface area (Å²) >= 11 is 0. The summed E-state index contributed by atoms with van der Waals surface area (Å²) in [7, 11) is 0. The van der Waals surface area contributed by atoms with Crippen LogP contribution in [0.5, 0.6) is 5.75 Å². The van der Waals surface area contributed by atoms with Crippen molar-refractivity contribution in [2.75, 3.05) is 0 Å². The number of hydrogen-bond donors (Lipinski definition) is 0. The first-order valence-corrected chi connectivity index (χ1v) is 8.04. The molecule has 3 heteroatoms. The molecule has 21 heavy (non-hydrogen) atoms. The van der Waals surface area contributed by atoms with Gasteiger partial charge in [-0.05, 0) is 50.3 Å². The number of carbonyl (C=O) groups is 1. The van der Waals surface area contributed by atoms with Crippen LogP contribution in [0.1, 0.15) is 64.4 Å². The lowest BCUT2D eigenvalue weighted by Gasteiger charge is -2.31. The molecular formula is C18H26O3. The summed E-state index contributed by atoms with van der Waals surface area (Å²) in [6, 6.07) is 8.26. The molecule has 116 valence electrons. The minimum atomic E-state index is -0.182. The van der Waals surface area contributed by atoms with Crippen LogP contribution in [0, 0.1) is 0 Å². The maximum Gasteiger partial charge on any atom is 0.302 e. The van der Waals surface area contributed by atoms with Crippen LogP contribution in [0.4, 0.5) is 0 Å². The Bertz CT molecular complexity index is 469. The van der Waals surface area contributed by atoms with E-state index >= 15 is 0 Å². The number of esters is 1. The molecule has 1 aliphatic carbocycles. The maximum atomic E-state index is 11.3. The molecule has 0 heterocycles. The fourth-order valence-electron chi connectivity index (χ4n) is 2.97. The highest BCUT2D eigenvalue weighted by Gasteiger charge is 2.29. The molecule has 0 radical (unpaired) electrons. The van der Waals surface area contributed by atoms with Crippen LogP contribution in [0.15, 0.2) is 24.3 Å². The minimum Gasteiger partial charge on any atom is -0.491 e. The second-order valence-electron chi connectivity index (χ2n) is 5.95. The molecule has 0 bridgehead atoms. The van der Waals surface area contributed by atoms with Crippen LogP contribution >= 0.6 is 0 Å². The minimum absolute atomic E-state index is 0.00935. The average Bonchev–Trinajstić information content (AvgIpc) is 2.47. The van der Waals surface area contributed by atoms with Gasteiger partial charge in [0.05, 0.1) is 6.10 Å². The van der Waals surface area contributed by atoms with E-state index in [2.05, 4.69) is 26.0 Å². The summed E-state index contributed by atoms with van der Waals surface area (Å²) in [5.41, 5.74) is 1.22. The van der Waals surface area contributed by atoms with E-state index in [1.54, 1.807) is 0 Å². The molecule has 0 saturated heterocycles. The van der Waals surface area contributed by atoms with E-state index in [1.807, 2.05) is 12.1 Å². The van der Waals surface area contributed by atoms with E-state index in [1.165, 1.54) is 18.9 Å². The van der Waals surface area contributed by atoms with Gasteiger partial charge in [-0.25, -0.2) is 0 Å². The highest BCUT2D eigenvalue weighted by atomic mass is 16.5. The zero-order valence-corrected chi connectivity index (χ0v) is 13.3. The van der Waals surface area contributed by atoms with E-state index in [0.29, 0.717) is 5.92 Å². The van der Waals surface area contributed by atoms with Crippen LogP contribution in [-0.4, -0.2) is 18.2 Å². The van der Waals surface area contributed by atoms with Gasteiger partial charge in [0.1, 0.15) is 11.9 Å². The predicted molar refractivity (Wildman–Crippen MR) is 83.6 cm³/mol. The molecule has 2 rings (SSSR count). The zero-order chi connectivity index (χ0) is 15.2. The lowest BCUT2D eigenvalue weighted by Crippen LogP contribution is -2.27. The summed E-state index contributed by atoms with van der Waals surface area (Å²) in [4.78, 5) is 11.3. The first kappa shape index (κ1) is 15.9. The van der Waals surface area contributed by atoms with E-state index in [0.717, 1.165) is 31.4 Å². The molecule has 0 aromatic heterocycles. The van der Waals surface area contributed by atoms with Gasteiger partial charge in [-0.3, -0.25) is 4.79 Å². The molecule has 1 saturated carbocycles. The van der Waals surface area contributed by atoms with E-state index in [4.69, 9.17) is 9.47 Å². The van der Waals surface area contributed by atoms with Crippen LogP contribution < -0.4 is 4.74 Å². The Morgan fingerprint density at radius 2 is 2.10 bits per heavy atom. The molecule has 0 amide bonds. The first-order valence-electron chi connectivity index (χ1n) is 8.04. The fourth-order valence-corrected chi connectivity index (χ4v) is 2.97. The summed E-state index contributed by atoms with van der Waals surface area (Å²) in [6.07, 6.45) is 5.58. The Balaban J connectivity index is 2.14. The van der Waals surface area contributed by atoms with Crippen LogP contribution in [-0.2, 0) is 9.53 Å². The van der Waals surface area contributed by atoms with E-state index < -0.39 is 0 Å². The van der Waals surface area contributed by atoms with Crippen molar-refractivity contribution in [3.8, 4) is 5.75 Å². The van der Waals surface area contributed by atoms with Gasteiger partial charge in [0.15, 0.2) is 0 Å². The molecule has 1 unspecified atom stereocenters. The van der Waals surface area contributed by atoms with Crippen molar-refractivity contribution in [3.05, 3.63) is 29.8 Å². The largest absolute Gasteiger partial charge is 0.491 e. The predicted octanol–water partition coefficient (Wildman–Crippen LogP) is 4.45. The average molecular weight is 290 g/mol. The van der Waals surface area contributed by atoms with Gasteiger partial charge < -0.3 is 9.47 Å². The fraction of sp³-hybridized carbons (Fsp3) is 0.611. The first-order chi connectivity index (χ1) is 10.1. The van der Waals surface area contributed by atoms with Crippen molar-refractivity contribution in [2.45, 2.75) is 71.0 Å². The van der Waals surface area contributed by atoms with Gasteiger partial charge in [0.25, 0.3) is 0 Å². The summed E-state index contributed by atoms with van der Waals surface area (Å²) in [5, 5.41) is 0. The number of hydrogen-bond acceptors (Lipinski definition) is 3. The second-order valence-corrected chi connectivity index (χ2v) is 5.95. The van der Waals surface area contributed by atoms with Gasteiger partial charge >= 0.3 is 5.97 Å². The molecule has 1 aromatic rings. The van der Waals surface area contributed by atoms with Gasteiger partial charge in [0, 0.05) is 12.8 Å². The van der Waals surface area contributed by atoms with E-state index in [9.17, 15) is 4.79 Å². The lowest BCUT2D eigenvalue weighted by molar-refractivity contribution is -0.148. The van der Waals surface area contributed by atoms with Crippen LogP contribution in [0.3, 0.4) is 0 Å². The van der Waals surface area contributed by atoms with E-state index in [-0.39, 0.29) is 18.2 Å². The van der Waals surface area contributed by atoms with Gasteiger partial charge in [-0.2, -0.15) is 0 Å². The van der Waals surface area contributed by atoms with Crippen molar-refractivity contribution in [1.29, 1.82) is 0 Å². The second kappa shape index (κ2) is 7.48. The molecule has 3 atom stereocenters. The maximum absolute atomic E-state index is 11.3. The molecule has 3 nitrogen and oxygen atoms in total. The van der Waals surface area contributed by atoms with Gasteiger partial charge in [0.2, 0.25) is 0 Å². The summed E-state index contributed by atoms with van der Waals surface area (Å²) < 4.78 is 11.4. The topological polar surface area (TPSA) is 35.5 Å². The summed E-state index contributed by atoms with van der Waals surface area (Å²) in [6.45, 7) is 5.69. The molecule has 1 aliphatic rings. The number of benzene rings is 1. The summed E-state index contributed by atoms with van der Waals surface area (Å²) in [5.74, 6) is 1.02. The Kier molecular flexibility index (Phi) is 5.66. The zero-order valence-electron chi connectivity index (χ0n) is 13.3. The standard InChI is InChI=1S/C18H26O3/c1-4-13(2)20-16-9-7-8-15(12-16)17-10-5-6-11-18(17)21-14(3)19/h7-9,12-13,17-18H,4-6,10-11H2,1-3H3/t13?,17-,18+/m0/s1. The SMILES string of the molecule is CCC(C)Oc1cccc([C@@H]2CCCC[C@H]2OC(C)=O)c1. The van der Waals surface area contributed by atoms with Gasteiger partial charge in [-0.1, -0.05) is 25.5 Å². The van der Waals surface area contributed by atoms with Crippen molar-refractivity contribution >= 4 is 5.97 Å². The number of rotatable bonds is 5. The van der Waals surface area contributed by atoms with Gasteiger partial charge in [-0.15, -0.1) is 0 Å². The quantitative estimate of drug-likeness (QED) is 0.751. The lowest BCUT2D eigenvalue weighted by atomic mass is 9.81. The van der Waals surface area contributed by atoms with Crippen molar-refractivity contribution in [1.82, 2.24) is 0 Å². The molecule has 0 N–H and O–H groups in total. The molecular weight excluding hydrogens is 264 g/mol. The third-order valence-electron chi connectivity index (χ3n) is 4.22. The molecule has 0 spiro atoms. The third-order valence-corrected chi connectivity index (χ3v) is 4.22. The Morgan fingerprint density at radius 1 is 1.33 bits per heavy atom. The smallest absolute Gasteiger partial charge is 0.302 e. The van der Waals surface area contributed by atoms with Crippen molar-refractivity contribution in [2.24, 2.45) is 0 Å². The van der Waals surface area contributed by atoms with Crippen molar-refractivity contribution in [3.63, 3.8) is 0 Å². The molecule has 0 aliphatic heterocycles. The van der Waals surface area contributed by atoms with Crippen LogP contribution in [0.25, 0.3) is 0 Å². The highest BCUT2D eigenvalue weighted by molar-refractivity contribution is 5.66. The third kappa shape index (κ3) is 4.48. The van der Waals surface area contributed by atoms with Crippen molar-refractivity contribution < 1.29 is 14.3 Å². The Hall–Kier alpha value is -1.51. The normalized spacial score (nSPS) is 23.4. The monoisotopic (exact) mass is 290 g/mol. The van der Waals surface area contributed by atoms with Crippen LogP contribution in [0.2, 0.25) is 0 Å². The highest BCUT2D eigenvalue weighted by Crippen LogP contribution is 2.36. The Labute approximate surface area is 127 Å².